The fourth-order valence-corrected chi connectivity index (χ4v) is 2.31. The van der Waals surface area contributed by atoms with Gasteiger partial charge in [0.2, 0.25) is 0 Å². The van der Waals surface area contributed by atoms with Crippen molar-refractivity contribution >= 4 is 15.9 Å². The molecule has 0 atom stereocenters. The van der Waals surface area contributed by atoms with E-state index < -0.39 is 11.6 Å². The average Bonchev–Trinajstić information content (AvgIpc) is 2.34. The maximum absolute atomic E-state index is 12.5. The maximum Gasteiger partial charge on any atom is 0.182 e. The second kappa shape index (κ2) is 7.29. The molecule has 0 spiro atoms. The molecule has 0 amide bonds. The van der Waals surface area contributed by atoms with E-state index in [2.05, 4.69) is 15.9 Å². The molecule has 1 fully saturated rings. The zero-order valence-corrected chi connectivity index (χ0v) is 11.1. The third kappa shape index (κ3) is 4.74. The van der Waals surface area contributed by atoms with Gasteiger partial charge >= 0.3 is 0 Å². The second-order valence-electron chi connectivity index (χ2n) is 3.99. The van der Waals surface area contributed by atoms with Gasteiger partial charge in [0.05, 0.1) is 5.56 Å². The van der Waals surface area contributed by atoms with Gasteiger partial charge in [0, 0.05) is 4.83 Å². The van der Waals surface area contributed by atoms with Gasteiger partial charge in [-0.25, -0.2) is 4.39 Å². The Labute approximate surface area is 109 Å². The van der Waals surface area contributed by atoms with Crippen LogP contribution in [0.3, 0.4) is 0 Å². The number of halogens is 2. The minimum atomic E-state index is -0.856. The SMILES string of the molecule is BrC1CCCCC1.N#Cc1cccc(O)c1F. The molecule has 17 heavy (non-hydrogen) atoms. The van der Waals surface area contributed by atoms with Crippen molar-refractivity contribution < 1.29 is 9.50 Å². The van der Waals surface area contributed by atoms with Gasteiger partial charge in [-0.3, -0.25) is 0 Å². The van der Waals surface area contributed by atoms with Gasteiger partial charge in [-0.05, 0) is 25.0 Å². The van der Waals surface area contributed by atoms with E-state index in [-0.39, 0.29) is 5.56 Å². The standard InChI is InChI=1S/C7H4FNO.C6H11Br/c8-7-5(4-9)2-1-3-6(7)10;7-6-4-2-1-3-5-6/h1-3,10H;6H,1-5H2. The van der Waals surface area contributed by atoms with Crippen molar-refractivity contribution in [1.29, 1.82) is 5.26 Å². The van der Waals surface area contributed by atoms with E-state index in [0.717, 1.165) is 4.83 Å². The monoisotopic (exact) mass is 299 g/mol. The van der Waals surface area contributed by atoms with Crippen LogP contribution in [0.25, 0.3) is 0 Å². The van der Waals surface area contributed by atoms with Crippen LogP contribution in [0.5, 0.6) is 5.75 Å². The van der Waals surface area contributed by atoms with E-state index in [0.29, 0.717) is 0 Å². The van der Waals surface area contributed by atoms with Gasteiger partial charge in [0.1, 0.15) is 6.07 Å². The van der Waals surface area contributed by atoms with Gasteiger partial charge < -0.3 is 5.11 Å². The summed E-state index contributed by atoms with van der Waals surface area (Å²) in [4.78, 5) is 0.848. The molecule has 0 heterocycles. The molecule has 0 saturated heterocycles. The molecule has 1 aliphatic carbocycles. The molecule has 2 nitrogen and oxygen atoms in total. The summed E-state index contributed by atoms with van der Waals surface area (Å²) in [7, 11) is 0. The molecule has 1 aromatic carbocycles. The molecule has 0 aliphatic heterocycles. The number of hydrogen-bond acceptors (Lipinski definition) is 2. The summed E-state index contributed by atoms with van der Waals surface area (Å²) in [6, 6.07) is 5.51. The summed E-state index contributed by atoms with van der Waals surface area (Å²) in [5.74, 6) is -1.34. The Kier molecular flexibility index (Phi) is 5.99. The van der Waals surface area contributed by atoms with Gasteiger partial charge in [0.25, 0.3) is 0 Å². The number of hydrogen-bond donors (Lipinski definition) is 1. The first kappa shape index (κ1) is 14.0. The lowest BCUT2D eigenvalue weighted by molar-refractivity contribution is 0.431. The highest BCUT2D eigenvalue weighted by molar-refractivity contribution is 9.09. The molecule has 92 valence electrons. The van der Waals surface area contributed by atoms with Crippen molar-refractivity contribution in [2.75, 3.05) is 0 Å². The van der Waals surface area contributed by atoms with Crippen LogP contribution in [0, 0.1) is 17.1 Å². The molecule has 2 rings (SSSR count). The Morgan fingerprint density at radius 3 is 2.35 bits per heavy atom. The third-order valence-electron chi connectivity index (χ3n) is 2.63. The Bertz CT molecular complexity index is 397. The number of benzene rings is 1. The average molecular weight is 300 g/mol. The lowest BCUT2D eigenvalue weighted by atomic mass is 10.0. The largest absolute Gasteiger partial charge is 0.505 e. The lowest BCUT2D eigenvalue weighted by Gasteiger charge is -2.13. The fourth-order valence-electron chi connectivity index (χ4n) is 1.66. The summed E-state index contributed by atoms with van der Waals surface area (Å²) < 4.78 is 12.5. The van der Waals surface area contributed by atoms with Gasteiger partial charge in [-0.1, -0.05) is 41.3 Å². The van der Waals surface area contributed by atoms with E-state index >= 15 is 0 Å². The molecule has 1 aromatic rings. The summed E-state index contributed by atoms with van der Waals surface area (Å²) in [5, 5.41) is 16.9. The van der Waals surface area contributed by atoms with E-state index in [4.69, 9.17) is 10.4 Å². The summed E-state index contributed by atoms with van der Waals surface area (Å²) in [5.41, 5.74) is -0.139. The zero-order valence-electron chi connectivity index (χ0n) is 9.50. The number of aromatic hydroxyl groups is 1. The highest BCUT2D eigenvalue weighted by Gasteiger charge is 2.07. The van der Waals surface area contributed by atoms with Crippen LogP contribution in [0.4, 0.5) is 4.39 Å². The van der Waals surface area contributed by atoms with Crippen LogP contribution in [-0.4, -0.2) is 9.93 Å². The fraction of sp³-hybridized carbons (Fsp3) is 0.462. The van der Waals surface area contributed by atoms with Gasteiger partial charge in [-0.2, -0.15) is 5.26 Å². The van der Waals surface area contributed by atoms with Crippen LogP contribution < -0.4 is 0 Å². The van der Waals surface area contributed by atoms with Crippen LogP contribution in [0.15, 0.2) is 18.2 Å². The number of phenols is 1. The number of nitrogens with zero attached hydrogens (tertiary/aromatic N) is 1. The number of nitriles is 1. The minimum absolute atomic E-state index is 0.139. The molecular weight excluding hydrogens is 285 g/mol. The number of phenolic OH excluding ortho intramolecular Hbond substituents is 1. The molecule has 1 aliphatic rings. The van der Waals surface area contributed by atoms with Gasteiger partial charge in [0.15, 0.2) is 11.6 Å². The zero-order chi connectivity index (χ0) is 12.7. The molecule has 0 bridgehead atoms. The first-order valence-electron chi connectivity index (χ1n) is 5.66. The van der Waals surface area contributed by atoms with Crippen molar-refractivity contribution in [3.8, 4) is 11.8 Å². The van der Waals surface area contributed by atoms with Crippen molar-refractivity contribution in [2.24, 2.45) is 0 Å². The Hall–Kier alpha value is -1.08. The lowest BCUT2D eigenvalue weighted by Crippen LogP contribution is -2.02. The van der Waals surface area contributed by atoms with Crippen molar-refractivity contribution in [3.63, 3.8) is 0 Å². The number of alkyl halides is 1. The van der Waals surface area contributed by atoms with E-state index in [9.17, 15) is 4.39 Å². The Balaban J connectivity index is 0.000000181. The molecule has 1 saturated carbocycles. The van der Waals surface area contributed by atoms with Crippen LogP contribution in [0.1, 0.15) is 37.7 Å². The summed E-state index contributed by atoms with van der Waals surface area (Å²) in [6.45, 7) is 0. The van der Waals surface area contributed by atoms with Gasteiger partial charge in [-0.15, -0.1) is 0 Å². The van der Waals surface area contributed by atoms with Crippen LogP contribution in [0.2, 0.25) is 0 Å². The Morgan fingerprint density at radius 2 is 1.94 bits per heavy atom. The van der Waals surface area contributed by atoms with Crippen molar-refractivity contribution in [2.45, 2.75) is 36.9 Å². The second-order valence-corrected chi connectivity index (χ2v) is 5.28. The first-order chi connectivity index (χ1) is 8.15. The third-order valence-corrected chi connectivity index (χ3v) is 3.55. The van der Waals surface area contributed by atoms with Crippen molar-refractivity contribution in [3.05, 3.63) is 29.6 Å². The molecular formula is C13H15BrFNO. The quantitative estimate of drug-likeness (QED) is 0.733. The van der Waals surface area contributed by atoms with E-state index in [1.807, 2.05) is 0 Å². The summed E-state index contributed by atoms with van der Waals surface area (Å²) in [6.07, 6.45) is 7.15. The smallest absolute Gasteiger partial charge is 0.182 e. The summed E-state index contributed by atoms with van der Waals surface area (Å²) >= 11 is 3.59. The topological polar surface area (TPSA) is 44.0 Å². The predicted molar refractivity (Wildman–Crippen MR) is 68.6 cm³/mol. The molecule has 0 aromatic heterocycles. The van der Waals surface area contributed by atoms with Crippen LogP contribution >= 0.6 is 15.9 Å². The van der Waals surface area contributed by atoms with E-state index in [1.54, 1.807) is 6.07 Å². The molecule has 0 radical (unpaired) electrons. The van der Waals surface area contributed by atoms with Crippen LogP contribution in [-0.2, 0) is 0 Å². The highest BCUT2D eigenvalue weighted by atomic mass is 79.9. The molecule has 4 heteroatoms. The minimum Gasteiger partial charge on any atom is -0.505 e. The molecule has 0 unspecified atom stereocenters. The normalized spacial score (nSPS) is 15.6. The first-order valence-corrected chi connectivity index (χ1v) is 6.58. The van der Waals surface area contributed by atoms with Crippen molar-refractivity contribution in [1.82, 2.24) is 0 Å². The predicted octanol–water partition coefficient (Wildman–Crippen LogP) is 4.12. The highest BCUT2D eigenvalue weighted by Crippen LogP contribution is 2.23. The number of rotatable bonds is 0. The Morgan fingerprint density at radius 1 is 1.29 bits per heavy atom. The molecule has 1 N–H and O–H groups in total. The van der Waals surface area contributed by atoms with E-state index in [1.165, 1.54) is 50.3 Å². The maximum atomic E-state index is 12.5.